The van der Waals surface area contributed by atoms with Crippen LogP contribution in [0, 0.1) is 0 Å². The van der Waals surface area contributed by atoms with Gasteiger partial charge in [0.1, 0.15) is 0 Å². The molecule has 0 aliphatic carbocycles. The van der Waals surface area contributed by atoms with Crippen molar-refractivity contribution >= 4 is 6.41 Å². The summed E-state index contributed by atoms with van der Waals surface area (Å²) in [5.41, 5.74) is 0. The number of likely N-dealkylation sites (N-methyl/N-ethyl adjacent to an activating group) is 1. The van der Waals surface area contributed by atoms with Crippen molar-refractivity contribution in [1.82, 2.24) is 10.2 Å². The Morgan fingerprint density at radius 1 is 1.70 bits per heavy atom. The molecule has 1 atom stereocenters. The fraction of sp³-hybridized carbons (Fsp3) is 0.833. The van der Waals surface area contributed by atoms with Gasteiger partial charge in [0.05, 0.1) is 6.10 Å². The average molecular weight is 146 g/mol. The summed E-state index contributed by atoms with van der Waals surface area (Å²) in [6.45, 7) is 0.891. The summed E-state index contributed by atoms with van der Waals surface area (Å²) < 4.78 is 0. The molecule has 0 aliphatic heterocycles. The van der Waals surface area contributed by atoms with Crippen LogP contribution in [0.4, 0.5) is 0 Å². The van der Waals surface area contributed by atoms with E-state index in [-0.39, 0.29) is 0 Å². The number of aliphatic hydroxyl groups is 1. The van der Waals surface area contributed by atoms with Crippen LogP contribution in [0.3, 0.4) is 0 Å². The molecule has 0 aromatic carbocycles. The number of aliphatic hydroxyl groups excluding tert-OH is 1. The second-order valence-corrected chi connectivity index (χ2v) is 2.44. The van der Waals surface area contributed by atoms with Crippen LogP contribution in [-0.2, 0) is 4.79 Å². The maximum absolute atomic E-state index is 9.76. The lowest BCUT2D eigenvalue weighted by Gasteiger charge is -2.14. The number of nitrogens with one attached hydrogen (secondary N) is 1. The fourth-order valence-electron chi connectivity index (χ4n) is 0.670. The Hall–Kier alpha value is -0.610. The van der Waals surface area contributed by atoms with Crippen molar-refractivity contribution in [3.63, 3.8) is 0 Å². The van der Waals surface area contributed by atoms with Gasteiger partial charge >= 0.3 is 0 Å². The summed E-state index contributed by atoms with van der Waals surface area (Å²) in [7, 11) is 3.73. The molecule has 60 valence electrons. The molecule has 2 N–H and O–H groups in total. The minimum Gasteiger partial charge on any atom is -0.390 e. The molecule has 0 aliphatic rings. The first-order valence-electron chi connectivity index (χ1n) is 3.16. The third-order valence-corrected chi connectivity index (χ3v) is 1.01. The molecule has 0 aromatic heterocycles. The van der Waals surface area contributed by atoms with Crippen molar-refractivity contribution in [2.45, 2.75) is 6.10 Å². The van der Waals surface area contributed by atoms with Gasteiger partial charge in [0.25, 0.3) is 0 Å². The van der Waals surface area contributed by atoms with Gasteiger partial charge < -0.3 is 15.3 Å². The number of nitrogens with zero attached hydrogens (tertiary/aromatic N) is 1. The number of carbonyl (C=O) groups excluding carboxylic acids is 1. The largest absolute Gasteiger partial charge is 0.390 e. The van der Waals surface area contributed by atoms with E-state index in [9.17, 15) is 4.79 Å². The van der Waals surface area contributed by atoms with Gasteiger partial charge in [0.2, 0.25) is 6.41 Å². The van der Waals surface area contributed by atoms with Gasteiger partial charge in [-0.25, -0.2) is 0 Å². The maximum atomic E-state index is 9.76. The minimum atomic E-state index is -0.472. The highest BCUT2D eigenvalue weighted by atomic mass is 16.3. The zero-order valence-corrected chi connectivity index (χ0v) is 6.37. The molecule has 1 amide bonds. The van der Waals surface area contributed by atoms with E-state index < -0.39 is 6.10 Å². The van der Waals surface area contributed by atoms with Crippen LogP contribution in [0.1, 0.15) is 0 Å². The quantitative estimate of drug-likeness (QED) is 0.472. The van der Waals surface area contributed by atoms with Crippen LogP contribution in [-0.4, -0.2) is 49.7 Å². The lowest BCUT2D eigenvalue weighted by atomic mass is 10.3. The molecule has 4 nitrogen and oxygen atoms in total. The van der Waals surface area contributed by atoms with E-state index in [1.165, 1.54) is 0 Å². The summed E-state index contributed by atoms with van der Waals surface area (Å²) >= 11 is 0. The second-order valence-electron chi connectivity index (χ2n) is 2.44. The summed E-state index contributed by atoms with van der Waals surface area (Å²) in [6, 6.07) is 0. The Morgan fingerprint density at radius 3 is 2.70 bits per heavy atom. The maximum Gasteiger partial charge on any atom is 0.207 e. The Labute approximate surface area is 60.8 Å². The summed E-state index contributed by atoms with van der Waals surface area (Å²) in [6.07, 6.45) is 0.110. The molecular formula is C6H14N2O2. The highest BCUT2D eigenvalue weighted by Crippen LogP contribution is 1.82. The van der Waals surface area contributed by atoms with Crippen LogP contribution in [0.2, 0.25) is 0 Å². The predicted octanol–water partition coefficient (Wildman–Crippen LogP) is -1.35. The van der Waals surface area contributed by atoms with E-state index in [1.807, 2.05) is 19.0 Å². The van der Waals surface area contributed by atoms with Crippen LogP contribution in [0.15, 0.2) is 0 Å². The third-order valence-electron chi connectivity index (χ3n) is 1.01. The molecule has 0 heterocycles. The van der Waals surface area contributed by atoms with Gasteiger partial charge in [-0.15, -0.1) is 0 Å². The van der Waals surface area contributed by atoms with Crippen molar-refractivity contribution in [2.24, 2.45) is 0 Å². The molecule has 0 fully saturated rings. The summed E-state index contributed by atoms with van der Waals surface area (Å²) in [4.78, 5) is 11.6. The van der Waals surface area contributed by atoms with Crippen molar-refractivity contribution in [3.05, 3.63) is 0 Å². The van der Waals surface area contributed by atoms with Crippen LogP contribution < -0.4 is 5.32 Å². The van der Waals surface area contributed by atoms with E-state index in [4.69, 9.17) is 5.11 Å². The van der Waals surface area contributed by atoms with E-state index in [0.29, 0.717) is 19.5 Å². The van der Waals surface area contributed by atoms with Gasteiger partial charge in [-0.05, 0) is 14.1 Å². The molecule has 0 radical (unpaired) electrons. The highest BCUT2D eigenvalue weighted by molar-refractivity contribution is 5.45. The smallest absolute Gasteiger partial charge is 0.207 e. The lowest BCUT2D eigenvalue weighted by Crippen LogP contribution is -2.34. The number of hydrogen-bond donors (Lipinski definition) is 2. The molecule has 0 bridgehead atoms. The van der Waals surface area contributed by atoms with Gasteiger partial charge in [0.15, 0.2) is 0 Å². The Bertz CT molecular complexity index is 95.7. The molecule has 0 saturated heterocycles. The Balaban J connectivity index is 3.24. The van der Waals surface area contributed by atoms with Gasteiger partial charge in [-0.1, -0.05) is 0 Å². The molecule has 0 spiro atoms. The number of rotatable bonds is 5. The average Bonchev–Trinajstić information content (AvgIpc) is 1.82. The van der Waals surface area contributed by atoms with E-state index >= 15 is 0 Å². The lowest BCUT2D eigenvalue weighted by molar-refractivity contribution is -0.110. The third kappa shape index (κ3) is 5.53. The van der Waals surface area contributed by atoms with Crippen LogP contribution >= 0.6 is 0 Å². The molecule has 0 aromatic rings. The number of carbonyl (C=O) groups is 1. The molecule has 0 rings (SSSR count). The molecule has 10 heavy (non-hydrogen) atoms. The molecule has 4 heteroatoms. The first-order chi connectivity index (χ1) is 4.66. The molecular weight excluding hydrogens is 132 g/mol. The van der Waals surface area contributed by atoms with E-state index in [2.05, 4.69) is 5.32 Å². The van der Waals surface area contributed by atoms with Gasteiger partial charge in [-0.3, -0.25) is 4.79 Å². The fourth-order valence-corrected chi connectivity index (χ4v) is 0.670. The topological polar surface area (TPSA) is 52.6 Å². The summed E-state index contributed by atoms with van der Waals surface area (Å²) in [5.74, 6) is 0. The van der Waals surface area contributed by atoms with E-state index in [1.54, 1.807) is 0 Å². The second kappa shape index (κ2) is 5.20. The van der Waals surface area contributed by atoms with Crippen molar-refractivity contribution < 1.29 is 9.90 Å². The number of hydrogen-bond acceptors (Lipinski definition) is 3. The number of amides is 1. The highest BCUT2D eigenvalue weighted by Gasteiger charge is 2.02. The monoisotopic (exact) mass is 146 g/mol. The van der Waals surface area contributed by atoms with Crippen LogP contribution in [0.25, 0.3) is 0 Å². The van der Waals surface area contributed by atoms with Crippen molar-refractivity contribution in [3.8, 4) is 0 Å². The van der Waals surface area contributed by atoms with Crippen molar-refractivity contribution in [2.75, 3.05) is 27.2 Å². The molecule has 0 saturated carbocycles. The minimum absolute atomic E-state index is 0.321. The standard InChI is InChI=1S/C6H14N2O2/c1-8(2)4-6(10)3-7-5-9/h5-6,10H,3-4H2,1-2H3,(H,7,9). The first-order valence-corrected chi connectivity index (χ1v) is 3.16. The zero-order chi connectivity index (χ0) is 7.98. The van der Waals surface area contributed by atoms with Gasteiger partial charge in [0, 0.05) is 13.1 Å². The molecule has 1 unspecified atom stereocenters. The Morgan fingerprint density at radius 2 is 2.30 bits per heavy atom. The Kier molecular flexibility index (Phi) is 4.88. The van der Waals surface area contributed by atoms with Crippen LogP contribution in [0.5, 0.6) is 0 Å². The first kappa shape index (κ1) is 9.39. The van der Waals surface area contributed by atoms with Crippen molar-refractivity contribution in [1.29, 1.82) is 0 Å². The summed E-state index contributed by atoms with van der Waals surface area (Å²) in [5, 5.41) is 11.5. The van der Waals surface area contributed by atoms with Gasteiger partial charge in [-0.2, -0.15) is 0 Å². The predicted molar refractivity (Wildman–Crippen MR) is 38.6 cm³/mol. The zero-order valence-electron chi connectivity index (χ0n) is 6.37. The van der Waals surface area contributed by atoms with E-state index in [0.717, 1.165) is 0 Å². The SMILES string of the molecule is CN(C)CC(O)CNC=O. The normalized spacial score (nSPS) is 13.2.